The fourth-order valence-corrected chi connectivity index (χ4v) is 5.28. The average molecular weight is 425 g/mol. The van der Waals surface area contributed by atoms with E-state index in [1.54, 1.807) is 6.07 Å². The first-order valence-electron chi connectivity index (χ1n) is 10.5. The molecular weight excluding hydrogens is 396 g/mol. The number of anilines is 1. The van der Waals surface area contributed by atoms with Crippen LogP contribution in [0.15, 0.2) is 47.5 Å². The molecule has 0 spiro atoms. The maximum atomic E-state index is 13.7. The quantitative estimate of drug-likeness (QED) is 0.647. The minimum Gasteiger partial charge on any atom is -0.489 e. The number of nitrogens with zero attached hydrogens (tertiary/aromatic N) is 2. The number of carbonyl (C=O) groups excluding carboxylic acids is 2. The highest BCUT2D eigenvalue weighted by Crippen LogP contribution is 2.41. The van der Waals surface area contributed by atoms with Crippen LogP contribution in [0.2, 0.25) is 0 Å². The molecule has 4 rings (SSSR count). The molecule has 1 saturated heterocycles. The molecule has 2 aliphatic rings. The van der Waals surface area contributed by atoms with Gasteiger partial charge >= 0.3 is 0 Å². The SMILES string of the molecule is CC1CC(C)CN(C2=C(c3cccs3)C(=O)N(c3ccccc3OC(C)C)C2=O)C1. The first kappa shape index (κ1) is 20.7. The number of para-hydroxylation sites is 2. The molecule has 1 aromatic carbocycles. The number of carbonyl (C=O) groups is 2. The number of amides is 2. The van der Waals surface area contributed by atoms with Crippen molar-refractivity contribution in [2.24, 2.45) is 11.8 Å². The molecule has 1 fully saturated rings. The van der Waals surface area contributed by atoms with Gasteiger partial charge in [-0.15, -0.1) is 11.3 Å². The van der Waals surface area contributed by atoms with Crippen molar-refractivity contribution in [1.29, 1.82) is 0 Å². The van der Waals surface area contributed by atoms with Crippen molar-refractivity contribution in [3.8, 4) is 5.75 Å². The van der Waals surface area contributed by atoms with E-state index in [0.29, 0.717) is 34.5 Å². The summed E-state index contributed by atoms with van der Waals surface area (Å²) in [5.41, 5.74) is 1.54. The van der Waals surface area contributed by atoms with Gasteiger partial charge in [-0.2, -0.15) is 0 Å². The molecule has 2 aliphatic heterocycles. The van der Waals surface area contributed by atoms with E-state index in [2.05, 4.69) is 18.7 Å². The van der Waals surface area contributed by atoms with Gasteiger partial charge < -0.3 is 9.64 Å². The fourth-order valence-electron chi connectivity index (χ4n) is 4.51. The minimum absolute atomic E-state index is 0.0630. The summed E-state index contributed by atoms with van der Waals surface area (Å²) < 4.78 is 5.92. The van der Waals surface area contributed by atoms with Gasteiger partial charge in [-0.25, -0.2) is 4.90 Å². The number of imide groups is 1. The van der Waals surface area contributed by atoms with Crippen LogP contribution in [0, 0.1) is 11.8 Å². The van der Waals surface area contributed by atoms with Crippen molar-refractivity contribution in [2.75, 3.05) is 18.0 Å². The first-order chi connectivity index (χ1) is 14.4. The monoisotopic (exact) mass is 424 g/mol. The molecular formula is C24H28N2O3S. The third-order valence-corrected chi connectivity index (χ3v) is 6.37. The molecule has 5 nitrogen and oxygen atoms in total. The fraction of sp³-hybridized carbons (Fsp3) is 0.417. The van der Waals surface area contributed by atoms with E-state index in [9.17, 15) is 9.59 Å². The third-order valence-electron chi connectivity index (χ3n) is 5.48. The zero-order valence-electron chi connectivity index (χ0n) is 17.9. The zero-order chi connectivity index (χ0) is 21.4. The second-order valence-corrected chi connectivity index (χ2v) is 9.58. The van der Waals surface area contributed by atoms with Gasteiger partial charge in [-0.1, -0.05) is 32.0 Å². The molecule has 2 atom stereocenters. The lowest BCUT2D eigenvalue weighted by Crippen LogP contribution is -2.42. The van der Waals surface area contributed by atoms with E-state index in [0.717, 1.165) is 24.4 Å². The van der Waals surface area contributed by atoms with Crippen molar-refractivity contribution in [1.82, 2.24) is 4.90 Å². The summed E-state index contributed by atoms with van der Waals surface area (Å²) in [6, 6.07) is 11.1. The normalized spacial score (nSPS) is 22.4. The second-order valence-electron chi connectivity index (χ2n) is 8.63. The molecule has 2 aromatic rings. The molecule has 3 heterocycles. The summed E-state index contributed by atoms with van der Waals surface area (Å²) in [4.78, 5) is 31.6. The van der Waals surface area contributed by atoms with Crippen molar-refractivity contribution in [3.63, 3.8) is 0 Å². The summed E-state index contributed by atoms with van der Waals surface area (Å²) in [5, 5.41) is 1.94. The number of hydrogen-bond acceptors (Lipinski definition) is 5. The summed E-state index contributed by atoms with van der Waals surface area (Å²) in [6.45, 7) is 9.85. The average Bonchev–Trinajstić information content (AvgIpc) is 3.27. The number of ether oxygens (including phenoxy) is 1. The van der Waals surface area contributed by atoms with Crippen LogP contribution in [0.4, 0.5) is 5.69 Å². The van der Waals surface area contributed by atoms with Crippen LogP contribution in [0.5, 0.6) is 5.75 Å². The van der Waals surface area contributed by atoms with Crippen LogP contribution in [0.1, 0.15) is 39.0 Å². The molecule has 2 unspecified atom stereocenters. The van der Waals surface area contributed by atoms with E-state index in [-0.39, 0.29) is 17.9 Å². The molecule has 0 N–H and O–H groups in total. The molecule has 2 amide bonds. The van der Waals surface area contributed by atoms with Gasteiger partial charge in [0.25, 0.3) is 11.8 Å². The van der Waals surface area contributed by atoms with Crippen LogP contribution in [-0.4, -0.2) is 35.9 Å². The van der Waals surface area contributed by atoms with Crippen LogP contribution in [-0.2, 0) is 9.59 Å². The smallest absolute Gasteiger partial charge is 0.282 e. The Morgan fingerprint density at radius 2 is 1.70 bits per heavy atom. The Balaban J connectivity index is 1.80. The molecule has 6 heteroatoms. The molecule has 0 bridgehead atoms. The third kappa shape index (κ3) is 3.76. The van der Waals surface area contributed by atoms with Gasteiger partial charge in [0, 0.05) is 18.0 Å². The number of likely N-dealkylation sites (tertiary alicyclic amines) is 1. The van der Waals surface area contributed by atoms with Gasteiger partial charge in [-0.05, 0) is 55.7 Å². The Morgan fingerprint density at radius 3 is 2.33 bits per heavy atom. The lowest BCUT2D eigenvalue weighted by Gasteiger charge is -2.37. The summed E-state index contributed by atoms with van der Waals surface area (Å²) >= 11 is 1.49. The van der Waals surface area contributed by atoms with Gasteiger partial charge in [0.1, 0.15) is 11.4 Å². The summed E-state index contributed by atoms with van der Waals surface area (Å²) in [7, 11) is 0. The van der Waals surface area contributed by atoms with E-state index in [1.807, 2.05) is 49.6 Å². The maximum absolute atomic E-state index is 13.7. The van der Waals surface area contributed by atoms with Crippen molar-refractivity contribution in [3.05, 3.63) is 52.4 Å². The maximum Gasteiger partial charge on any atom is 0.282 e. The Morgan fingerprint density at radius 1 is 1.00 bits per heavy atom. The minimum atomic E-state index is -0.275. The van der Waals surface area contributed by atoms with Crippen molar-refractivity contribution >= 4 is 34.4 Å². The number of hydrogen-bond donors (Lipinski definition) is 0. The molecule has 0 radical (unpaired) electrons. The largest absolute Gasteiger partial charge is 0.489 e. The Kier molecular flexibility index (Phi) is 5.69. The highest BCUT2D eigenvalue weighted by Gasteiger charge is 2.44. The predicted octanol–water partition coefficient (Wildman–Crippen LogP) is 4.80. The lowest BCUT2D eigenvalue weighted by atomic mass is 9.91. The van der Waals surface area contributed by atoms with Crippen LogP contribution in [0.3, 0.4) is 0 Å². The standard InChI is InChI=1S/C24H28N2O3S/c1-15(2)29-19-9-6-5-8-18(19)26-23(27)21(20-10-7-11-30-20)22(24(26)28)25-13-16(3)12-17(4)14-25/h5-11,15-17H,12-14H2,1-4H3. The number of thiophene rings is 1. The van der Waals surface area contributed by atoms with Gasteiger partial charge in [-0.3, -0.25) is 9.59 Å². The van der Waals surface area contributed by atoms with Crippen LogP contribution < -0.4 is 9.64 Å². The molecule has 30 heavy (non-hydrogen) atoms. The van der Waals surface area contributed by atoms with Crippen molar-refractivity contribution < 1.29 is 14.3 Å². The highest BCUT2D eigenvalue weighted by molar-refractivity contribution is 7.11. The molecule has 158 valence electrons. The Bertz CT molecular complexity index is 970. The number of rotatable bonds is 5. The topological polar surface area (TPSA) is 49.9 Å². The molecule has 1 aromatic heterocycles. The predicted molar refractivity (Wildman–Crippen MR) is 120 cm³/mol. The summed E-state index contributed by atoms with van der Waals surface area (Å²) in [6.07, 6.45) is 1.07. The van der Waals surface area contributed by atoms with Crippen LogP contribution in [0.25, 0.3) is 5.57 Å². The van der Waals surface area contributed by atoms with E-state index < -0.39 is 0 Å². The summed E-state index contributed by atoms with van der Waals surface area (Å²) in [5.74, 6) is 0.952. The number of benzene rings is 1. The van der Waals surface area contributed by atoms with E-state index >= 15 is 0 Å². The zero-order valence-corrected chi connectivity index (χ0v) is 18.7. The van der Waals surface area contributed by atoms with Gasteiger partial charge in [0.2, 0.25) is 0 Å². The van der Waals surface area contributed by atoms with Gasteiger partial charge in [0.05, 0.1) is 17.4 Å². The number of piperidine rings is 1. The Labute approximate surface area is 181 Å². The molecule has 0 aliphatic carbocycles. The highest BCUT2D eigenvalue weighted by atomic mass is 32.1. The second kappa shape index (κ2) is 8.26. The van der Waals surface area contributed by atoms with Gasteiger partial charge in [0.15, 0.2) is 0 Å². The molecule has 0 saturated carbocycles. The lowest BCUT2D eigenvalue weighted by molar-refractivity contribution is -0.121. The van der Waals surface area contributed by atoms with Crippen molar-refractivity contribution in [2.45, 2.75) is 40.2 Å². The van der Waals surface area contributed by atoms with E-state index in [4.69, 9.17) is 4.74 Å². The van der Waals surface area contributed by atoms with Crippen LogP contribution >= 0.6 is 11.3 Å². The Hall–Kier alpha value is -2.60. The first-order valence-corrected chi connectivity index (χ1v) is 11.4. The van der Waals surface area contributed by atoms with E-state index in [1.165, 1.54) is 16.2 Å².